The third-order valence-electron chi connectivity index (χ3n) is 5.37. The molecule has 2 aromatic heterocycles. The van der Waals surface area contributed by atoms with Crippen molar-refractivity contribution in [3.8, 4) is 0 Å². The third kappa shape index (κ3) is 4.12. The van der Waals surface area contributed by atoms with Gasteiger partial charge in [0.05, 0.1) is 49.1 Å². The van der Waals surface area contributed by atoms with Gasteiger partial charge in [-0.25, -0.2) is 4.98 Å². The average molecular weight is 371 g/mol. The second kappa shape index (κ2) is 8.06. The molecular formula is C19H25N5O3. The molecule has 2 fully saturated rings. The van der Waals surface area contributed by atoms with E-state index in [9.17, 15) is 9.90 Å². The van der Waals surface area contributed by atoms with Gasteiger partial charge in [-0.05, 0) is 24.8 Å². The Kier molecular flexibility index (Phi) is 5.35. The monoisotopic (exact) mass is 371 g/mol. The first-order chi connectivity index (χ1) is 13.2. The van der Waals surface area contributed by atoms with Crippen molar-refractivity contribution in [1.29, 1.82) is 0 Å². The molecule has 1 saturated carbocycles. The number of imidazole rings is 1. The summed E-state index contributed by atoms with van der Waals surface area (Å²) in [5.74, 6) is 0.155. The lowest BCUT2D eigenvalue weighted by atomic mass is 10.1. The molecule has 4 rings (SSSR count). The molecule has 1 aliphatic carbocycles. The molecular weight excluding hydrogens is 346 g/mol. The molecule has 2 aromatic rings. The first kappa shape index (κ1) is 17.9. The second-order valence-electron chi connectivity index (χ2n) is 7.24. The van der Waals surface area contributed by atoms with Gasteiger partial charge in [-0.15, -0.1) is 0 Å². The molecule has 1 unspecified atom stereocenters. The highest BCUT2D eigenvalue weighted by atomic mass is 16.5. The van der Waals surface area contributed by atoms with Crippen molar-refractivity contribution in [3.05, 3.63) is 42.7 Å². The number of aliphatic hydroxyl groups excluding tert-OH is 1. The van der Waals surface area contributed by atoms with Crippen molar-refractivity contribution in [2.24, 2.45) is 5.92 Å². The maximum atomic E-state index is 12.9. The van der Waals surface area contributed by atoms with Crippen LogP contribution < -0.4 is 10.2 Å². The number of hydrogen-bond donors (Lipinski definition) is 2. The number of aliphatic hydroxyl groups is 1. The summed E-state index contributed by atoms with van der Waals surface area (Å²) in [6.45, 7) is 3.58. The Hall–Kier alpha value is -2.45. The Morgan fingerprint density at radius 3 is 2.89 bits per heavy atom. The zero-order valence-electron chi connectivity index (χ0n) is 15.2. The van der Waals surface area contributed by atoms with Gasteiger partial charge in [0.25, 0.3) is 5.91 Å². The summed E-state index contributed by atoms with van der Waals surface area (Å²) < 4.78 is 7.41. The first-order valence-electron chi connectivity index (χ1n) is 9.42. The number of anilines is 1. The minimum atomic E-state index is -0.531. The topological polar surface area (TPSA) is 92.5 Å². The molecule has 8 heteroatoms. The summed E-state index contributed by atoms with van der Waals surface area (Å²) in [6, 6.07) is 1.50. The SMILES string of the molecule is O=C(N[C@@H]1CC(Cn2ccnc2)C[C@H]1O)c1ccncc1N1CCOCC1. The van der Waals surface area contributed by atoms with Crippen LogP contribution in [0.2, 0.25) is 0 Å². The average Bonchev–Trinajstić information content (AvgIpc) is 3.32. The van der Waals surface area contributed by atoms with Crippen LogP contribution in [0.3, 0.4) is 0 Å². The van der Waals surface area contributed by atoms with Gasteiger partial charge in [0.2, 0.25) is 0 Å². The van der Waals surface area contributed by atoms with Gasteiger partial charge in [-0.1, -0.05) is 0 Å². The van der Waals surface area contributed by atoms with Crippen molar-refractivity contribution in [2.45, 2.75) is 31.5 Å². The fourth-order valence-electron chi connectivity index (χ4n) is 4.00. The largest absolute Gasteiger partial charge is 0.391 e. The van der Waals surface area contributed by atoms with Crippen LogP contribution in [0.5, 0.6) is 0 Å². The van der Waals surface area contributed by atoms with Gasteiger partial charge in [0.1, 0.15) is 0 Å². The van der Waals surface area contributed by atoms with E-state index in [1.165, 1.54) is 0 Å². The summed E-state index contributed by atoms with van der Waals surface area (Å²) in [4.78, 5) is 23.3. The lowest BCUT2D eigenvalue weighted by Crippen LogP contribution is -2.42. The van der Waals surface area contributed by atoms with Crippen molar-refractivity contribution < 1.29 is 14.6 Å². The first-order valence-corrected chi connectivity index (χ1v) is 9.42. The fourth-order valence-corrected chi connectivity index (χ4v) is 4.00. The Balaban J connectivity index is 1.42. The highest BCUT2D eigenvalue weighted by Crippen LogP contribution is 2.28. The van der Waals surface area contributed by atoms with Crippen molar-refractivity contribution in [2.75, 3.05) is 31.2 Å². The predicted molar refractivity (Wildman–Crippen MR) is 99.5 cm³/mol. The van der Waals surface area contributed by atoms with Crippen LogP contribution in [0.15, 0.2) is 37.2 Å². The van der Waals surface area contributed by atoms with Gasteiger partial charge in [0, 0.05) is 38.2 Å². The van der Waals surface area contributed by atoms with E-state index >= 15 is 0 Å². The summed E-state index contributed by atoms with van der Waals surface area (Å²) >= 11 is 0. The number of morpholine rings is 1. The number of carbonyl (C=O) groups excluding carboxylic acids is 1. The fraction of sp³-hybridized carbons (Fsp3) is 0.526. The predicted octanol–water partition coefficient (Wildman–Crippen LogP) is 0.684. The van der Waals surface area contributed by atoms with E-state index in [1.807, 2.05) is 10.8 Å². The maximum Gasteiger partial charge on any atom is 0.253 e. The Labute approximate surface area is 158 Å². The van der Waals surface area contributed by atoms with Crippen LogP contribution in [0.25, 0.3) is 0 Å². The molecule has 3 heterocycles. The highest BCUT2D eigenvalue weighted by molar-refractivity contribution is 5.99. The van der Waals surface area contributed by atoms with Crippen molar-refractivity contribution in [3.63, 3.8) is 0 Å². The Bertz CT molecular complexity index is 760. The summed E-state index contributed by atoms with van der Waals surface area (Å²) in [6.07, 6.45) is 9.71. The molecule has 8 nitrogen and oxygen atoms in total. The summed E-state index contributed by atoms with van der Waals surface area (Å²) in [5.41, 5.74) is 1.41. The lowest BCUT2D eigenvalue weighted by molar-refractivity contribution is 0.0871. The standard InChI is InChI=1S/C19H25N5O3/c25-18-10-14(12-23-4-3-21-13-23)9-16(18)22-19(26)15-1-2-20-11-17(15)24-5-7-27-8-6-24/h1-4,11,13-14,16,18,25H,5-10,12H2,(H,22,26)/t14?,16-,18-/m1/s1. The van der Waals surface area contributed by atoms with E-state index in [1.54, 1.807) is 31.0 Å². The van der Waals surface area contributed by atoms with Crippen LogP contribution in [0.1, 0.15) is 23.2 Å². The molecule has 27 heavy (non-hydrogen) atoms. The van der Waals surface area contributed by atoms with Gasteiger partial charge >= 0.3 is 0 Å². The zero-order chi connectivity index (χ0) is 18.6. The van der Waals surface area contributed by atoms with Crippen LogP contribution >= 0.6 is 0 Å². The molecule has 0 aromatic carbocycles. The zero-order valence-corrected chi connectivity index (χ0v) is 15.2. The number of carbonyl (C=O) groups is 1. The van der Waals surface area contributed by atoms with E-state index in [0.717, 1.165) is 31.7 Å². The van der Waals surface area contributed by atoms with Gasteiger partial charge in [0.15, 0.2) is 0 Å². The molecule has 0 bridgehead atoms. The van der Waals surface area contributed by atoms with E-state index in [4.69, 9.17) is 4.74 Å². The van der Waals surface area contributed by atoms with E-state index in [0.29, 0.717) is 31.1 Å². The van der Waals surface area contributed by atoms with E-state index in [-0.39, 0.29) is 11.9 Å². The number of rotatable bonds is 5. The van der Waals surface area contributed by atoms with Crippen LogP contribution in [-0.2, 0) is 11.3 Å². The van der Waals surface area contributed by atoms with Gasteiger partial charge in [-0.3, -0.25) is 9.78 Å². The minimum absolute atomic E-state index is 0.161. The molecule has 0 radical (unpaired) electrons. The number of aromatic nitrogens is 3. The molecule has 2 N–H and O–H groups in total. The molecule has 1 saturated heterocycles. The van der Waals surface area contributed by atoms with E-state index < -0.39 is 6.10 Å². The molecule has 3 atom stereocenters. The smallest absolute Gasteiger partial charge is 0.253 e. The van der Waals surface area contributed by atoms with Crippen LogP contribution in [0.4, 0.5) is 5.69 Å². The van der Waals surface area contributed by atoms with Gasteiger partial charge in [-0.2, -0.15) is 0 Å². The molecule has 2 aliphatic rings. The molecule has 144 valence electrons. The molecule has 1 amide bonds. The Morgan fingerprint density at radius 1 is 1.26 bits per heavy atom. The van der Waals surface area contributed by atoms with Crippen LogP contribution in [-0.4, -0.2) is 64.0 Å². The second-order valence-corrected chi connectivity index (χ2v) is 7.24. The maximum absolute atomic E-state index is 12.9. The highest BCUT2D eigenvalue weighted by Gasteiger charge is 2.34. The van der Waals surface area contributed by atoms with Crippen molar-refractivity contribution in [1.82, 2.24) is 19.9 Å². The van der Waals surface area contributed by atoms with Crippen LogP contribution in [0, 0.1) is 5.92 Å². The third-order valence-corrected chi connectivity index (χ3v) is 5.37. The quantitative estimate of drug-likeness (QED) is 0.803. The van der Waals surface area contributed by atoms with Gasteiger partial charge < -0.3 is 24.6 Å². The summed E-state index contributed by atoms with van der Waals surface area (Å²) in [7, 11) is 0. The van der Waals surface area contributed by atoms with E-state index in [2.05, 4.69) is 20.2 Å². The lowest BCUT2D eigenvalue weighted by Gasteiger charge is -2.30. The number of nitrogens with zero attached hydrogens (tertiary/aromatic N) is 4. The summed E-state index contributed by atoms with van der Waals surface area (Å²) in [5, 5.41) is 13.5. The number of nitrogens with one attached hydrogen (secondary N) is 1. The molecule has 0 spiro atoms. The Morgan fingerprint density at radius 2 is 2.11 bits per heavy atom. The van der Waals surface area contributed by atoms with Crippen molar-refractivity contribution >= 4 is 11.6 Å². The number of hydrogen-bond acceptors (Lipinski definition) is 6. The number of pyridine rings is 1. The number of amides is 1. The minimum Gasteiger partial charge on any atom is -0.391 e. The molecule has 1 aliphatic heterocycles. The number of ether oxygens (including phenoxy) is 1. The normalized spacial score (nSPS) is 25.5.